The Morgan fingerprint density at radius 3 is 2.69 bits per heavy atom. The lowest BCUT2D eigenvalue weighted by molar-refractivity contribution is -0.131. The Labute approximate surface area is 222 Å². The Bertz CT molecular complexity index is 1040. The van der Waals surface area contributed by atoms with Crippen LogP contribution in [0.5, 0.6) is 0 Å². The van der Waals surface area contributed by atoms with E-state index in [1.807, 2.05) is 18.2 Å². The Morgan fingerprint density at radius 2 is 2.00 bits per heavy atom. The Morgan fingerprint density at radius 1 is 1.19 bits per heavy atom. The molecule has 0 unspecified atom stereocenters. The summed E-state index contributed by atoms with van der Waals surface area (Å²) in [5.74, 6) is -0.356. The first-order valence-electron chi connectivity index (χ1n) is 11.8. The van der Waals surface area contributed by atoms with Gasteiger partial charge in [-0.25, -0.2) is 0 Å². The number of carbonyl (C=O) groups is 2. The fourth-order valence-electron chi connectivity index (χ4n) is 4.12. The highest BCUT2D eigenvalue weighted by Gasteiger charge is 2.28. The second-order valence-electron chi connectivity index (χ2n) is 8.87. The van der Waals surface area contributed by atoms with Gasteiger partial charge in [-0.3, -0.25) is 14.5 Å². The molecule has 0 spiro atoms. The van der Waals surface area contributed by atoms with Gasteiger partial charge in [-0.05, 0) is 41.8 Å². The van der Waals surface area contributed by atoms with Gasteiger partial charge in [-0.1, -0.05) is 41.4 Å². The number of hydrogen-bond donors (Lipinski definition) is 2. The lowest BCUT2D eigenvalue weighted by Gasteiger charge is -2.32. The molecule has 3 rings (SSSR count). The first-order valence-corrected chi connectivity index (χ1v) is 12.6. The number of amides is 2. The van der Waals surface area contributed by atoms with Crippen LogP contribution in [0.4, 0.5) is 5.69 Å². The molecule has 2 aromatic rings. The van der Waals surface area contributed by atoms with Crippen molar-refractivity contribution in [3.63, 3.8) is 0 Å². The molecule has 0 bridgehead atoms. The summed E-state index contributed by atoms with van der Waals surface area (Å²) in [6.45, 7) is 2.53. The molecule has 2 aromatic carbocycles. The summed E-state index contributed by atoms with van der Waals surface area (Å²) in [4.78, 5) is 29.4. The van der Waals surface area contributed by atoms with Crippen LogP contribution in [0.2, 0.25) is 10.0 Å². The standard InChI is InChI=1S/C26H33Cl2N3O5/c1-30(26(34)13-18-6-7-22(27)23(28)12-18)24(16-31-9-8-21(32)15-31)19-4-3-5-20(14-19)29-25(33)17-36-11-10-35-2/h3-7,12,14,21,24,32H,8-11,13,15-17H2,1-2H3,(H,29,33)/t21-,24+/m0/s1. The molecule has 10 heteroatoms. The van der Waals surface area contributed by atoms with E-state index >= 15 is 0 Å². The number of aliphatic hydroxyl groups is 1. The summed E-state index contributed by atoms with van der Waals surface area (Å²) in [6, 6.07) is 12.3. The van der Waals surface area contributed by atoms with Gasteiger partial charge in [-0.15, -0.1) is 0 Å². The van der Waals surface area contributed by atoms with E-state index < -0.39 is 0 Å². The highest BCUT2D eigenvalue weighted by molar-refractivity contribution is 6.42. The Balaban J connectivity index is 1.75. The normalized spacial score (nSPS) is 16.6. The zero-order valence-electron chi connectivity index (χ0n) is 20.6. The number of benzene rings is 2. The summed E-state index contributed by atoms with van der Waals surface area (Å²) in [5, 5.41) is 13.7. The lowest BCUT2D eigenvalue weighted by atomic mass is 10.0. The molecular weight excluding hydrogens is 505 g/mol. The number of β-amino-alcohol motifs (C(OH)–C–C–N with tert-alkyl or cyclic N) is 1. The number of carbonyl (C=O) groups excluding carboxylic acids is 2. The van der Waals surface area contributed by atoms with Crippen LogP contribution in [0.15, 0.2) is 42.5 Å². The smallest absolute Gasteiger partial charge is 0.250 e. The minimum absolute atomic E-state index is 0.0786. The van der Waals surface area contributed by atoms with Crippen molar-refractivity contribution in [1.82, 2.24) is 9.80 Å². The number of methoxy groups -OCH3 is 1. The molecule has 1 aliphatic rings. The van der Waals surface area contributed by atoms with Gasteiger partial charge in [0.25, 0.3) is 0 Å². The largest absolute Gasteiger partial charge is 0.392 e. The topological polar surface area (TPSA) is 91.3 Å². The minimum atomic E-state index is -0.369. The Hall–Kier alpha value is -2.20. The maximum atomic E-state index is 13.3. The monoisotopic (exact) mass is 537 g/mol. The zero-order chi connectivity index (χ0) is 26.1. The molecule has 0 saturated carbocycles. The fraction of sp³-hybridized carbons (Fsp3) is 0.462. The second-order valence-corrected chi connectivity index (χ2v) is 9.68. The molecule has 36 heavy (non-hydrogen) atoms. The third-order valence-corrected chi connectivity index (χ3v) is 6.84. The summed E-state index contributed by atoms with van der Waals surface area (Å²) in [7, 11) is 3.34. The van der Waals surface area contributed by atoms with Crippen molar-refractivity contribution in [3.8, 4) is 0 Å². The van der Waals surface area contributed by atoms with Crippen molar-refractivity contribution >= 4 is 40.7 Å². The van der Waals surface area contributed by atoms with Crippen molar-refractivity contribution < 1.29 is 24.2 Å². The van der Waals surface area contributed by atoms with Crippen LogP contribution in [-0.4, -0.2) is 86.4 Å². The molecule has 2 N–H and O–H groups in total. The number of halogens is 2. The van der Waals surface area contributed by atoms with E-state index in [9.17, 15) is 14.7 Å². The summed E-state index contributed by atoms with van der Waals surface area (Å²) < 4.78 is 10.2. The lowest BCUT2D eigenvalue weighted by Crippen LogP contribution is -2.39. The van der Waals surface area contributed by atoms with Crippen LogP contribution >= 0.6 is 23.2 Å². The summed E-state index contributed by atoms with van der Waals surface area (Å²) in [5.41, 5.74) is 2.26. The van der Waals surface area contributed by atoms with Gasteiger partial charge < -0.3 is 24.8 Å². The molecular formula is C26H33Cl2N3O5. The van der Waals surface area contributed by atoms with Crippen LogP contribution < -0.4 is 5.32 Å². The molecule has 2 atom stereocenters. The van der Waals surface area contributed by atoms with E-state index in [1.165, 1.54) is 0 Å². The predicted molar refractivity (Wildman–Crippen MR) is 141 cm³/mol. The number of anilines is 1. The van der Waals surface area contributed by atoms with E-state index in [2.05, 4.69) is 10.2 Å². The maximum absolute atomic E-state index is 13.3. The van der Waals surface area contributed by atoms with Gasteiger partial charge in [0, 0.05) is 39.5 Å². The number of likely N-dealkylation sites (N-methyl/N-ethyl adjacent to an activating group) is 1. The first-order chi connectivity index (χ1) is 17.3. The minimum Gasteiger partial charge on any atom is -0.392 e. The SMILES string of the molecule is COCCOCC(=O)Nc1cccc([C@@H](CN2CC[C@H](O)C2)N(C)C(=O)Cc2ccc(Cl)c(Cl)c2)c1. The number of nitrogens with one attached hydrogen (secondary N) is 1. The molecule has 0 aromatic heterocycles. The van der Waals surface area contributed by atoms with Crippen LogP contribution in [0.1, 0.15) is 23.6 Å². The van der Waals surface area contributed by atoms with Gasteiger partial charge in [-0.2, -0.15) is 0 Å². The van der Waals surface area contributed by atoms with Gasteiger partial charge in [0.05, 0.1) is 41.8 Å². The Kier molecular flexibility index (Phi) is 11.0. The number of nitrogens with zero attached hydrogens (tertiary/aromatic N) is 2. The highest BCUT2D eigenvalue weighted by atomic mass is 35.5. The second kappa shape index (κ2) is 13.9. The van der Waals surface area contributed by atoms with Crippen molar-refractivity contribution in [3.05, 3.63) is 63.6 Å². The van der Waals surface area contributed by atoms with Crippen molar-refractivity contribution in [2.45, 2.75) is 25.0 Å². The fourth-order valence-corrected chi connectivity index (χ4v) is 4.45. The van der Waals surface area contributed by atoms with Gasteiger partial charge in [0.15, 0.2) is 0 Å². The van der Waals surface area contributed by atoms with E-state index in [0.717, 1.165) is 17.7 Å². The molecule has 2 amide bonds. The average molecular weight is 538 g/mol. The molecule has 1 saturated heterocycles. The summed E-state index contributed by atoms with van der Waals surface area (Å²) >= 11 is 12.1. The molecule has 8 nitrogen and oxygen atoms in total. The van der Waals surface area contributed by atoms with Crippen LogP contribution in [0.3, 0.4) is 0 Å². The molecule has 0 aliphatic carbocycles. The van der Waals surface area contributed by atoms with E-state index in [-0.39, 0.29) is 37.0 Å². The molecule has 1 aliphatic heterocycles. The van der Waals surface area contributed by atoms with E-state index in [1.54, 1.807) is 43.3 Å². The highest BCUT2D eigenvalue weighted by Crippen LogP contribution is 2.27. The quantitative estimate of drug-likeness (QED) is 0.403. The predicted octanol–water partition coefficient (Wildman–Crippen LogP) is 3.40. The molecule has 1 heterocycles. The van der Waals surface area contributed by atoms with Crippen LogP contribution in [-0.2, 0) is 25.5 Å². The summed E-state index contributed by atoms with van der Waals surface area (Å²) in [6.07, 6.45) is 0.501. The third kappa shape index (κ3) is 8.44. The zero-order valence-corrected chi connectivity index (χ0v) is 22.1. The number of aliphatic hydroxyl groups excluding tert-OH is 1. The van der Waals surface area contributed by atoms with Crippen molar-refractivity contribution in [2.75, 3.05) is 58.9 Å². The van der Waals surface area contributed by atoms with Gasteiger partial charge >= 0.3 is 0 Å². The van der Waals surface area contributed by atoms with Crippen molar-refractivity contribution in [1.29, 1.82) is 0 Å². The maximum Gasteiger partial charge on any atom is 0.250 e. The number of likely N-dealkylation sites (tertiary alicyclic amines) is 1. The molecule has 196 valence electrons. The average Bonchev–Trinajstić information content (AvgIpc) is 3.27. The van der Waals surface area contributed by atoms with Crippen LogP contribution in [0, 0.1) is 0 Å². The van der Waals surface area contributed by atoms with Gasteiger partial charge in [0.2, 0.25) is 11.8 Å². The third-order valence-electron chi connectivity index (χ3n) is 6.10. The number of rotatable bonds is 12. The number of ether oxygens (including phenoxy) is 2. The molecule has 1 fully saturated rings. The number of hydrogen-bond acceptors (Lipinski definition) is 6. The van der Waals surface area contributed by atoms with Crippen LogP contribution in [0.25, 0.3) is 0 Å². The van der Waals surface area contributed by atoms with Gasteiger partial charge in [0.1, 0.15) is 6.61 Å². The molecule has 0 radical (unpaired) electrons. The van der Waals surface area contributed by atoms with Crippen molar-refractivity contribution in [2.24, 2.45) is 0 Å². The van der Waals surface area contributed by atoms with E-state index in [0.29, 0.717) is 48.5 Å². The van der Waals surface area contributed by atoms with E-state index in [4.69, 9.17) is 32.7 Å². The first kappa shape index (κ1) is 28.4.